The zero-order valence-corrected chi connectivity index (χ0v) is 10.9. The summed E-state index contributed by atoms with van der Waals surface area (Å²) in [5, 5.41) is 9.54. The Kier molecular flexibility index (Phi) is 4.36. The fraction of sp³-hybridized carbons (Fsp3) is 0.143. The Labute approximate surface area is 116 Å². The van der Waals surface area contributed by atoms with Gasteiger partial charge in [-0.05, 0) is 23.8 Å². The van der Waals surface area contributed by atoms with Gasteiger partial charge in [0.15, 0.2) is 0 Å². The predicted octanol–water partition coefficient (Wildman–Crippen LogP) is 2.83. The Hall–Kier alpha value is -2.07. The number of hydrogen-bond acceptors (Lipinski definition) is 3. The topological polar surface area (TPSA) is 53.4 Å². The molecule has 0 saturated carbocycles. The summed E-state index contributed by atoms with van der Waals surface area (Å²) in [6, 6.07) is 11.2. The van der Waals surface area contributed by atoms with Gasteiger partial charge in [-0.25, -0.2) is 0 Å². The lowest BCUT2D eigenvalue weighted by Crippen LogP contribution is -2.29. The van der Waals surface area contributed by atoms with E-state index < -0.39 is 5.97 Å². The molecule has 4 nitrogen and oxygen atoms in total. The number of benzene rings is 1. The van der Waals surface area contributed by atoms with Crippen molar-refractivity contribution < 1.29 is 9.90 Å². The van der Waals surface area contributed by atoms with Crippen LogP contribution in [0.5, 0.6) is 0 Å². The maximum Gasteiger partial charge on any atom is 0.323 e. The summed E-state index contributed by atoms with van der Waals surface area (Å²) in [6.07, 6.45) is 3.20. The minimum absolute atomic E-state index is 0.0807. The molecule has 0 spiro atoms. The first-order chi connectivity index (χ1) is 9.16. The highest BCUT2D eigenvalue weighted by molar-refractivity contribution is 6.31. The number of carbonyl (C=O) groups is 1. The SMILES string of the molecule is O=C(O)CN(Cc1ccncc1Cl)c1ccccc1. The average Bonchev–Trinajstić information content (AvgIpc) is 2.41. The summed E-state index contributed by atoms with van der Waals surface area (Å²) < 4.78 is 0. The lowest BCUT2D eigenvalue weighted by atomic mass is 10.2. The number of carboxylic acids is 1. The van der Waals surface area contributed by atoms with E-state index in [0.717, 1.165) is 11.3 Å². The van der Waals surface area contributed by atoms with E-state index in [4.69, 9.17) is 16.7 Å². The van der Waals surface area contributed by atoms with Crippen molar-refractivity contribution in [3.05, 3.63) is 59.4 Å². The van der Waals surface area contributed by atoms with Gasteiger partial charge in [0.1, 0.15) is 6.54 Å². The van der Waals surface area contributed by atoms with Crippen LogP contribution in [0.25, 0.3) is 0 Å². The maximum absolute atomic E-state index is 11.0. The van der Waals surface area contributed by atoms with Crippen molar-refractivity contribution in [2.45, 2.75) is 6.54 Å². The molecule has 19 heavy (non-hydrogen) atoms. The van der Waals surface area contributed by atoms with Crippen molar-refractivity contribution in [1.29, 1.82) is 0 Å². The molecule has 0 radical (unpaired) electrons. The Morgan fingerprint density at radius 1 is 1.26 bits per heavy atom. The molecule has 1 N–H and O–H groups in total. The van der Waals surface area contributed by atoms with Crippen LogP contribution in [0.2, 0.25) is 5.02 Å². The van der Waals surface area contributed by atoms with E-state index in [1.165, 1.54) is 0 Å². The quantitative estimate of drug-likeness (QED) is 0.912. The number of halogens is 1. The molecule has 0 aliphatic carbocycles. The number of carboxylic acid groups (broad SMARTS) is 1. The van der Waals surface area contributed by atoms with Crippen LogP contribution in [0.3, 0.4) is 0 Å². The second kappa shape index (κ2) is 6.20. The number of rotatable bonds is 5. The van der Waals surface area contributed by atoms with Crippen molar-refractivity contribution in [2.75, 3.05) is 11.4 Å². The number of anilines is 1. The van der Waals surface area contributed by atoms with Gasteiger partial charge < -0.3 is 10.0 Å². The molecule has 0 atom stereocenters. The average molecular weight is 277 g/mol. The summed E-state index contributed by atoms with van der Waals surface area (Å²) in [5.74, 6) is -0.881. The molecule has 0 bridgehead atoms. The molecule has 0 fully saturated rings. The minimum atomic E-state index is -0.881. The second-order valence-electron chi connectivity index (χ2n) is 4.05. The van der Waals surface area contributed by atoms with Gasteiger partial charge in [-0.15, -0.1) is 0 Å². The lowest BCUT2D eigenvalue weighted by Gasteiger charge is -2.23. The molecule has 0 aliphatic heterocycles. The normalized spacial score (nSPS) is 10.2. The van der Waals surface area contributed by atoms with E-state index in [1.54, 1.807) is 23.4 Å². The minimum Gasteiger partial charge on any atom is -0.480 e. The van der Waals surface area contributed by atoms with E-state index in [1.807, 2.05) is 30.3 Å². The van der Waals surface area contributed by atoms with E-state index >= 15 is 0 Å². The number of hydrogen-bond donors (Lipinski definition) is 1. The van der Waals surface area contributed by atoms with E-state index in [2.05, 4.69) is 4.98 Å². The van der Waals surface area contributed by atoms with Gasteiger partial charge in [0.2, 0.25) is 0 Å². The van der Waals surface area contributed by atoms with Gasteiger partial charge in [0.25, 0.3) is 0 Å². The summed E-state index contributed by atoms with van der Waals surface area (Å²) >= 11 is 6.06. The van der Waals surface area contributed by atoms with Crippen LogP contribution in [-0.2, 0) is 11.3 Å². The van der Waals surface area contributed by atoms with Gasteiger partial charge in [0, 0.05) is 24.6 Å². The molecule has 1 aromatic heterocycles. The third-order valence-electron chi connectivity index (χ3n) is 2.67. The Balaban J connectivity index is 2.24. The summed E-state index contributed by atoms with van der Waals surface area (Å²) in [6.45, 7) is 0.348. The number of para-hydroxylation sites is 1. The molecule has 2 rings (SSSR count). The summed E-state index contributed by atoms with van der Waals surface area (Å²) in [7, 11) is 0. The fourth-order valence-corrected chi connectivity index (χ4v) is 1.96. The van der Waals surface area contributed by atoms with E-state index in [9.17, 15) is 4.79 Å². The molecular formula is C14H13ClN2O2. The Morgan fingerprint density at radius 2 is 2.00 bits per heavy atom. The zero-order chi connectivity index (χ0) is 13.7. The number of aliphatic carboxylic acids is 1. The van der Waals surface area contributed by atoms with Crippen LogP contribution in [-0.4, -0.2) is 22.6 Å². The monoisotopic (exact) mass is 276 g/mol. The highest BCUT2D eigenvalue weighted by Gasteiger charge is 2.12. The van der Waals surface area contributed by atoms with E-state index in [0.29, 0.717) is 11.6 Å². The molecule has 5 heteroatoms. The molecular weight excluding hydrogens is 264 g/mol. The molecule has 0 aliphatic rings. The fourth-order valence-electron chi connectivity index (χ4n) is 1.78. The van der Waals surface area contributed by atoms with Gasteiger partial charge in [0.05, 0.1) is 5.02 Å². The first-order valence-electron chi connectivity index (χ1n) is 5.77. The standard InChI is InChI=1S/C14H13ClN2O2/c15-13-8-16-7-6-11(13)9-17(10-14(18)19)12-4-2-1-3-5-12/h1-8H,9-10H2,(H,18,19). The molecule has 0 saturated heterocycles. The number of pyridine rings is 1. The van der Waals surface area contributed by atoms with Gasteiger partial charge in [-0.2, -0.15) is 0 Å². The van der Waals surface area contributed by atoms with Crippen molar-refractivity contribution in [3.63, 3.8) is 0 Å². The van der Waals surface area contributed by atoms with E-state index in [-0.39, 0.29) is 6.54 Å². The summed E-state index contributed by atoms with van der Waals surface area (Å²) in [5.41, 5.74) is 1.69. The maximum atomic E-state index is 11.0. The van der Waals surface area contributed by atoms with Crippen molar-refractivity contribution >= 4 is 23.3 Å². The van der Waals surface area contributed by atoms with Crippen LogP contribution in [0.1, 0.15) is 5.56 Å². The largest absolute Gasteiger partial charge is 0.480 e. The number of nitrogens with zero attached hydrogens (tertiary/aromatic N) is 2. The number of aromatic nitrogens is 1. The second-order valence-corrected chi connectivity index (χ2v) is 4.46. The third kappa shape index (κ3) is 3.69. The van der Waals surface area contributed by atoms with Crippen LogP contribution in [0, 0.1) is 0 Å². The first kappa shape index (κ1) is 13.4. The summed E-state index contributed by atoms with van der Waals surface area (Å²) in [4.78, 5) is 16.6. The third-order valence-corrected chi connectivity index (χ3v) is 3.01. The first-order valence-corrected chi connectivity index (χ1v) is 6.15. The van der Waals surface area contributed by atoms with Crippen molar-refractivity contribution in [2.24, 2.45) is 0 Å². The van der Waals surface area contributed by atoms with Gasteiger partial charge in [-0.1, -0.05) is 29.8 Å². The van der Waals surface area contributed by atoms with Gasteiger partial charge in [-0.3, -0.25) is 9.78 Å². The molecule has 0 amide bonds. The zero-order valence-electron chi connectivity index (χ0n) is 10.2. The molecule has 0 unspecified atom stereocenters. The molecule has 1 aromatic carbocycles. The van der Waals surface area contributed by atoms with Crippen LogP contribution in [0.4, 0.5) is 5.69 Å². The highest BCUT2D eigenvalue weighted by Crippen LogP contribution is 2.20. The van der Waals surface area contributed by atoms with Crippen molar-refractivity contribution in [1.82, 2.24) is 4.98 Å². The Morgan fingerprint density at radius 3 is 2.63 bits per heavy atom. The lowest BCUT2D eigenvalue weighted by molar-refractivity contribution is -0.135. The molecule has 2 aromatic rings. The smallest absolute Gasteiger partial charge is 0.323 e. The van der Waals surface area contributed by atoms with Gasteiger partial charge >= 0.3 is 5.97 Å². The van der Waals surface area contributed by atoms with Crippen LogP contribution >= 0.6 is 11.6 Å². The highest BCUT2D eigenvalue weighted by atomic mass is 35.5. The Bertz CT molecular complexity index is 560. The molecule has 98 valence electrons. The van der Waals surface area contributed by atoms with Crippen molar-refractivity contribution in [3.8, 4) is 0 Å². The van der Waals surface area contributed by atoms with Crippen LogP contribution in [0.15, 0.2) is 48.8 Å². The van der Waals surface area contributed by atoms with Crippen LogP contribution < -0.4 is 4.90 Å². The predicted molar refractivity (Wildman–Crippen MR) is 74.4 cm³/mol. The molecule has 1 heterocycles.